The molecule has 33 heavy (non-hydrogen) atoms. The minimum Gasteiger partial charge on any atom is -0.352 e. The maximum atomic E-state index is 13.3. The molecular formula is C24H32ClN3O4S. The summed E-state index contributed by atoms with van der Waals surface area (Å²) in [5.74, 6) is -0.753. The second-order valence-corrected chi connectivity index (χ2v) is 10.7. The Kier molecular flexibility index (Phi) is 9.46. The van der Waals surface area contributed by atoms with Crippen LogP contribution in [0, 0.1) is 6.92 Å². The van der Waals surface area contributed by atoms with E-state index in [2.05, 4.69) is 5.32 Å². The number of hydrogen-bond acceptors (Lipinski definition) is 4. The number of benzene rings is 2. The fourth-order valence-electron chi connectivity index (χ4n) is 3.21. The van der Waals surface area contributed by atoms with Gasteiger partial charge in [-0.25, -0.2) is 8.42 Å². The normalized spacial score (nSPS) is 13.4. The molecule has 7 nitrogen and oxygen atoms in total. The second kappa shape index (κ2) is 11.6. The van der Waals surface area contributed by atoms with Crippen LogP contribution in [-0.2, 0) is 26.2 Å². The highest BCUT2D eigenvalue weighted by Crippen LogP contribution is 2.18. The first kappa shape index (κ1) is 26.8. The fraction of sp³-hybridized carbons (Fsp3) is 0.417. The largest absolute Gasteiger partial charge is 0.352 e. The van der Waals surface area contributed by atoms with Crippen molar-refractivity contribution in [3.8, 4) is 0 Å². The van der Waals surface area contributed by atoms with Crippen molar-refractivity contribution in [2.24, 2.45) is 0 Å². The van der Waals surface area contributed by atoms with Crippen molar-refractivity contribution >= 4 is 33.4 Å². The number of amides is 2. The van der Waals surface area contributed by atoms with Crippen LogP contribution in [-0.4, -0.2) is 55.1 Å². The van der Waals surface area contributed by atoms with Crippen LogP contribution in [0.1, 0.15) is 38.3 Å². The first-order valence-electron chi connectivity index (χ1n) is 10.8. The molecular weight excluding hydrogens is 462 g/mol. The van der Waals surface area contributed by atoms with Gasteiger partial charge in [0.1, 0.15) is 6.04 Å². The standard InChI is InChI=1S/C24H32ClN3O4S/c1-6-18(3)26-24(30)19(4)28(15-20-9-7-8-17(2)14-20)23(29)16-27(5)33(31,32)22-12-10-21(25)11-13-22/h7-14,18-19H,6,15-16H2,1-5H3,(H,26,30)/t18-,19-/m1/s1. The van der Waals surface area contributed by atoms with Crippen molar-refractivity contribution in [3.05, 3.63) is 64.7 Å². The summed E-state index contributed by atoms with van der Waals surface area (Å²) in [5.41, 5.74) is 1.88. The van der Waals surface area contributed by atoms with Crippen molar-refractivity contribution in [3.63, 3.8) is 0 Å². The zero-order valence-corrected chi connectivity index (χ0v) is 21.3. The van der Waals surface area contributed by atoms with E-state index in [0.29, 0.717) is 5.02 Å². The Morgan fingerprint density at radius 3 is 2.30 bits per heavy atom. The van der Waals surface area contributed by atoms with E-state index < -0.39 is 28.5 Å². The van der Waals surface area contributed by atoms with Gasteiger partial charge in [0.15, 0.2) is 0 Å². The van der Waals surface area contributed by atoms with Crippen LogP contribution in [0.2, 0.25) is 5.02 Å². The maximum absolute atomic E-state index is 13.3. The summed E-state index contributed by atoms with van der Waals surface area (Å²) in [6.07, 6.45) is 0.756. The number of hydrogen-bond donors (Lipinski definition) is 1. The van der Waals surface area contributed by atoms with Crippen molar-refractivity contribution in [2.45, 2.75) is 57.6 Å². The van der Waals surface area contributed by atoms with Crippen molar-refractivity contribution in [1.29, 1.82) is 0 Å². The van der Waals surface area contributed by atoms with Crippen LogP contribution in [0.3, 0.4) is 0 Å². The Labute approximate surface area is 201 Å². The van der Waals surface area contributed by atoms with Crippen LogP contribution >= 0.6 is 11.6 Å². The summed E-state index contributed by atoms with van der Waals surface area (Å²) in [5, 5.41) is 3.31. The van der Waals surface area contributed by atoms with Crippen molar-refractivity contribution in [2.75, 3.05) is 13.6 Å². The molecule has 2 amide bonds. The van der Waals surface area contributed by atoms with Crippen LogP contribution in [0.5, 0.6) is 0 Å². The third kappa shape index (κ3) is 7.28. The molecule has 0 aliphatic heterocycles. The zero-order valence-electron chi connectivity index (χ0n) is 19.7. The number of sulfonamides is 1. The number of aryl methyl sites for hydroxylation is 1. The number of carbonyl (C=O) groups is 2. The number of likely N-dealkylation sites (N-methyl/N-ethyl adjacent to an activating group) is 1. The SMILES string of the molecule is CC[C@@H](C)NC(=O)[C@@H](C)N(Cc1cccc(C)c1)C(=O)CN(C)S(=O)(=O)c1ccc(Cl)cc1. The molecule has 0 saturated carbocycles. The van der Waals surface area contributed by atoms with E-state index in [1.54, 1.807) is 6.92 Å². The fourth-order valence-corrected chi connectivity index (χ4v) is 4.45. The van der Waals surface area contributed by atoms with Gasteiger partial charge in [-0.2, -0.15) is 4.31 Å². The first-order chi connectivity index (χ1) is 15.4. The quantitative estimate of drug-likeness (QED) is 0.547. The van der Waals surface area contributed by atoms with E-state index in [4.69, 9.17) is 11.6 Å². The minimum atomic E-state index is -3.91. The average Bonchev–Trinajstić information content (AvgIpc) is 2.77. The molecule has 0 aliphatic rings. The summed E-state index contributed by atoms with van der Waals surface area (Å²) >= 11 is 5.86. The molecule has 0 spiro atoms. The highest BCUT2D eigenvalue weighted by Gasteiger charge is 2.30. The van der Waals surface area contributed by atoms with Gasteiger partial charge in [-0.15, -0.1) is 0 Å². The monoisotopic (exact) mass is 493 g/mol. The minimum absolute atomic E-state index is 0.0370. The van der Waals surface area contributed by atoms with Gasteiger partial charge in [0.25, 0.3) is 0 Å². The maximum Gasteiger partial charge on any atom is 0.243 e. The van der Waals surface area contributed by atoms with Gasteiger partial charge in [-0.05, 0) is 57.0 Å². The molecule has 0 fully saturated rings. The number of nitrogens with zero attached hydrogens (tertiary/aromatic N) is 2. The number of halogens is 1. The summed E-state index contributed by atoms with van der Waals surface area (Å²) in [4.78, 5) is 27.6. The molecule has 0 aromatic heterocycles. The van der Waals surface area contributed by atoms with E-state index >= 15 is 0 Å². The lowest BCUT2D eigenvalue weighted by Crippen LogP contribution is -2.51. The number of nitrogens with one attached hydrogen (secondary N) is 1. The van der Waals surface area contributed by atoms with Crippen LogP contribution in [0.15, 0.2) is 53.4 Å². The second-order valence-electron chi connectivity index (χ2n) is 8.22. The van der Waals surface area contributed by atoms with Gasteiger partial charge in [0, 0.05) is 24.7 Å². The molecule has 0 radical (unpaired) electrons. The molecule has 0 saturated heterocycles. The van der Waals surface area contributed by atoms with Gasteiger partial charge in [-0.3, -0.25) is 9.59 Å². The smallest absolute Gasteiger partial charge is 0.243 e. The number of carbonyl (C=O) groups excluding carboxylic acids is 2. The van der Waals surface area contributed by atoms with E-state index in [-0.39, 0.29) is 23.4 Å². The van der Waals surface area contributed by atoms with E-state index in [0.717, 1.165) is 21.9 Å². The summed E-state index contributed by atoms with van der Waals surface area (Å²) < 4.78 is 26.8. The molecule has 2 rings (SSSR count). The molecule has 2 atom stereocenters. The molecule has 2 aromatic carbocycles. The zero-order chi connectivity index (χ0) is 24.8. The van der Waals surface area contributed by atoms with Crippen molar-refractivity contribution in [1.82, 2.24) is 14.5 Å². The highest BCUT2D eigenvalue weighted by atomic mass is 35.5. The Balaban J connectivity index is 2.27. The molecule has 0 aliphatic carbocycles. The van der Waals surface area contributed by atoms with Crippen molar-refractivity contribution < 1.29 is 18.0 Å². The van der Waals surface area contributed by atoms with E-state index in [1.807, 2.05) is 45.0 Å². The molecule has 1 N–H and O–H groups in total. The van der Waals surface area contributed by atoms with Gasteiger partial charge in [0.2, 0.25) is 21.8 Å². The molecule has 9 heteroatoms. The average molecular weight is 494 g/mol. The molecule has 180 valence electrons. The van der Waals surface area contributed by atoms with Crippen LogP contribution in [0.4, 0.5) is 0 Å². The van der Waals surface area contributed by atoms with E-state index in [9.17, 15) is 18.0 Å². The lowest BCUT2D eigenvalue weighted by atomic mass is 10.1. The molecule has 0 unspecified atom stereocenters. The lowest BCUT2D eigenvalue weighted by molar-refractivity contribution is -0.140. The molecule has 0 bridgehead atoms. The Morgan fingerprint density at radius 1 is 1.09 bits per heavy atom. The van der Waals surface area contributed by atoms with Gasteiger partial charge >= 0.3 is 0 Å². The van der Waals surface area contributed by atoms with Crippen LogP contribution < -0.4 is 5.32 Å². The first-order valence-corrected chi connectivity index (χ1v) is 12.6. The summed E-state index contributed by atoms with van der Waals surface area (Å²) in [7, 11) is -2.56. The Bertz CT molecular complexity index is 1070. The number of rotatable bonds is 10. The predicted octanol–water partition coefficient (Wildman–Crippen LogP) is 3.60. The summed E-state index contributed by atoms with van der Waals surface area (Å²) in [6, 6.07) is 12.6. The highest BCUT2D eigenvalue weighted by molar-refractivity contribution is 7.89. The van der Waals surface area contributed by atoms with Gasteiger partial charge in [0.05, 0.1) is 11.4 Å². The molecule has 0 heterocycles. The van der Waals surface area contributed by atoms with Crippen LogP contribution in [0.25, 0.3) is 0 Å². The Hall–Kier alpha value is -2.42. The summed E-state index contributed by atoms with van der Waals surface area (Å²) in [6.45, 7) is 7.23. The topological polar surface area (TPSA) is 86.8 Å². The van der Waals surface area contributed by atoms with Gasteiger partial charge in [-0.1, -0.05) is 48.4 Å². The van der Waals surface area contributed by atoms with Gasteiger partial charge < -0.3 is 10.2 Å². The third-order valence-electron chi connectivity index (χ3n) is 5.48. The van der Waals surface area contributed by atoms with E-state index in [1.165, 1.54) is 36.2 Å². The molecule has 2 aromatic rings. The Morgan fingerprint density at radius 2 is 1.73 bits per heavy atom. The third-order valence-corrected chi connectivity index (χ3v) is 7.55. The lowest BCUT2D eigenvalue weighted by Gasteiger charge is -2.31. The predicted molar refractivity (Wildman–Crippen MR) is 130 cm³/mol.